The number of rotatable bonds is 4. The highest BCUT2D eigenvalue weighted by Crippen LogP contribution is 2.25. The van der Waals surface area contributed by atoms with E-state index in [4.69, 9.17) is 11.6 Å². The molecule has 0 amide bonds. The van der Waals surface area contributed by atoms with Crippen molar-refractivity contribution in [1.29, 1.82) is 0 Å². The highest BCUT2D eigenvalue weighted by Gasteiger charge is 2.19. The zero-order valence-corrected chi connectivity index (χ0v) is 12.2. The van der Waals surface area contributed by atoms with Gasteiger partial charge < -0.3 is 0 Å². The van der Waals surface area contributed by atoms with E-state index in [1.807, 2.05) is 13.8 Å². The Hall–Kier alpha value is -0.100. The number of benzene rings is 1. The largest absolute Gasteiger partial charge is 0.242 e. The molecular formula is C10H13BrClNO2S. The van der Waals surface area contributed by atoms with Gasteiger partial charge in [-0.15, -0.1) is 0 Å². The van der Waals surface area contributed by atoms with Gasteiger partial charge in [-0.1, -0.05) is 34.5 Å². The lowest BCUT2D eigenvalue weighted by molar-refractivity contribution is 0.556. The molecule has 1 aromatic carbocycles. The fourth-order valence-electron chi connectivity index (χ4n) is 1.10. The summed E-state index contributed by atoms with van der Waals surface area (Å²) >= 11 is 9.12. The van der Waals surface area contributed by atoms with E-state index < -0.39 is 10.0 Å². The van der Waals surface area contributed by atoms with Gasteiger partial charge in [0.15, 0.2) is 0 Å². The highest BCUT2D eigenvalue weighted by atomic mass is 79.9. The van der Waals surface area contributed by atoms with Gasteiger partial charge in [0, 0.05) is 10.5 Å². The predicted molar refractivity (Wildman–Crippen MR) is 69.2 cm³/mol. The van der Waals surface area contributed by atoms with Gasteiger partial charge in [0.05, 0.1) is 5.02 Å². The van der Waals surface area contributed by atoms with E-state index in [0.29, 0.717) is 0 Å². The van der Waals surface area contributed by atoms with Crippen LogP contribution in [0, 0.1) is 0 Å². The monoisotopic (exact) mass is 325 g/mol. The third-order valence-corrected chi connectivity index (χ3v) is 4.72. The second kappa shape index (κ2) is 5.49. The van der Waals surface area contributed by atoms with E-state index in [-0.39, 0.29) is 16.0 Å². The van der Waals surface area contributed by atoms with Crippen LogP contribution in [-0.4, -0.2) is 14.5 Å². The molecule has 0 fully saturated rings. The van der Waals surface area contributed by atoms with Gasteiger partial charge in [-0.3, -0.25) is 0 Å². The van der Waals surface area contributed by atoms with Crippen molar-refractivity contribution in [3.8, 4) is 0 Å². The molecule has 0 radical (unpaired) electrons. The summed E-state index contributed by atoms with van der Waals surface area (Å²) in [6.45, 7) is 3.72. The van der Waals surface area contributed by atoms with Crippen molar-refractivity contribution < 1.29 is 8.42 Å². The van der Waals surface area contributed by atoms with Gasteiger partial charge in [0.2, 0.25) is 10.0 Å². The van der Waals surface area contributed by atoms with Gasteiger partial charge >= 0.3 is 0 Å². The number of hydrogen-bond acceptors (Lipinski definition) is 2. The molecule has 0 bridgehead atoms. The van der Waals surface area contributed by atoms with E-state index in [1.54, 1.807) is 12.1 Å². The Balaban J connectivity index is 3.08. The van der Waals surface area contributed by atoms with Gasteiger partial charge in [-0.05, 0) is 31.5 Å². The Morgan fingerprint density at radius 3 is 2.62 bits per heavy atom. The predicted octanol–water partition coefficient (Wildman–Crippen LogP) is 3.18. The Morgan fingerprint density at radius 1 is 1.50 bits per heavy atom. The SMILES string of the molecule is CCC(C)NS(=O)(=O)c1ccc(Br)cc1Cl. The van der Waals surface area contributed by atoms with Crippen LogP contribution in [0.2, 0.25) is 5.02 Å². The van der Waals surface area contributed by atoms with Crippen LogP contribution < -0.4 is 4.72 Å². The number of sulfonamides is 1. The van der Waals surface area contributed by atoms with Gasteiger partial charge in [0.1, 0.15) is 4.90 Å². The summed E-state index contributed by atoms with van der Waals surface area (Å²) in [7, 11) is -3.52. The molecule has 0 heterocycles. The third kappa shape index (κ3) is 3.45. The maximum atomic E-state index is 11.9. The first-order valence-corrected chi connectivity index (χ1v) is 7.49. The molecular weight excluding hydrogens is 314 g/mol. The lowest BCUT2D eigenvalue weighted by Gasteiger charge is -2.13. The van der Waals surface area contributed by atoms with Crippen molar-refractivity contribution in [3.63, 3.8) is 0 Å². The Labute approximate surface area is 109 Å². The molecule has 0 aliphatic carbocycles. The molecule has 0 saturated carbocycles. The Kier molecular flexibility index (Phi) is 4.79. The summed E-state index contributed by atoms with van der Waals surface area (Å²) in [5, 5.41) is 0.213. The normalized spacial score (nSPS) is 13.8. The summed E-state index contributed by atoms with van der Waals surface area (Å²) < 4.78 is 27.2. The summed E-state index contributed by atoms with van der Waals surface area (Å²) in [4.78, 5) is 0.109. The van der Waals surface area contributed by atoms with Crippen molar-refractivity contribution >= 4 is 37.6 Å². The zero-order valence-electron chi connectivity index (χ0n) is 9.00. The van der Waals surface area contributed by atoms with E-state index in [9.17, 15) is 8.42 Å². The molecule has 16 heavy (non-hydrogen) atoms. The molecule has 1 rings (SSSR count). The molecule has 1 N–H and O–H groups in total. The van der Waals surface area contributed by atoms with Gasteiger partial charge in [-0.25, -0.2) is 13.1 Å². The lowest BCUT2D eigenvalue weighted by atomic mass is 10.3. The van der Waals surface area contributed by atoms with Crippen molar-refractivity contribution in [2.75, 3.05) is 0 Å². The Bertz CT molecular complexity index is 476. The fraction of sp³-hybridized carbons (Fsp3) is 0.400. The quantitative estimate of drug-likeness (QED) is 0.923. The number of hydrogen-bond donors (Lipinski definition) is 1. The summed E-state index contributed by atoms with van der Waals surface area (Å²) in [6, 6.07) is 4.59. The summed E-state index contributed by atoms with van der Waals surface area (Å²) in [5.41, 5.74) is 0. The summed E-state index contributed by atoms with van der Waals surface area (Å²) in [6.07, 6.45) is 0.730. The molecule has 90 valence electrons. The van der Waals surface area contributed by atoms with Gasteiger partial charge in [0.25, 0.3) is 0 Å². The topological polar surface area (TPSA) is 46.2 Å². The first kappa shape index (κ1) is 14.0. The van der Waals surface area contributed by atoms with Crippen molar-refractivity contribution in [2.24, 2.45) is 0 Å². The van der Waals surface area contributed by atoms with E-state index in [0.717, 1.165) is 10.9 Å². The molecule has 0 aliphatic heterocycles. The molecule has 0 spiro atoms. The Morgan fingerprint density at radius 2 is 2.12 bits per heavy atom. The van der Waals surface area contributed by atoms with Crippen molar-refractivity contribution in [2.45, 2.75) is 31.2 Å². The van der Waals surface area contributed by atoms with Crippen LogP contribution >= 0.6 is 27.5 Å². The molecule has 1 unspecified atom stereocenters. The highest BCUT2D eigenvalue weighted by molar-refractivity contribution is 9.10. The minimum atomic E-state index is -3.52. The second-order valence-corrected chi connectivity index (χ2v) is 6.51. The smallest absolute Gasteiger partial charge is 0.208 e. The molecule has 0 saturated heterocycles. The molecule has 1 atom stereocenters. The first-order valence-electron chi connectivity index (χ1n) is 4.84. The van der Waals surface area contributed by atoms with E-state index in [2.05, 4.69) is 20.7 Å². The van der Waals surface area contributed by atoms with Crippen LogP contribution in [0.1, 0.15) is 20.3 Å². The van der Waals surface area contributed by atoms with Crippen LogP contribution in [0.4, 0.5) is 0 Å². The number of nitrogens with one attached hydrogen (secondary N) is 1. The maximum absolute atomic E-state index is 11.9. The van der Waals surface area contributed by atoms with Gasteiger partial charge in [-0.2, -0.15) is 0 Å². The minimum absolute atomic E-state index is 0.107. The third-order valence-electron chi connectivity index (χ3n) is 2.15. The van der Waals surface area contributed by atoms with Crippen LogP contribution in [0.5, 0.6) is 0 Å². The molecule has 0 aromatic heterocycles. The molecule has 6 heteroatoms. The summed E-state index contributed by atoms with van der Waals surface area (Å²) in [5.74, 6) is 0. The van der Waals surface area contributed by atoms with Crippen LogP contribution in [0.25, 0.3) is 0 Å². The van der Waals surface area contributed by atoms with Crippen LogP contribution in [-0.2, 0) is 10.0 Å². The zero-order chi connectivity index (χ0) is 12.3. The average Bonchev–Trinajstić information content (AvgIpc) is 2.16. The van der Waals surface area contributed by atoms with Crippen LogP contribution in [0.15, 0.2) is 27.6 Å². The van der Waals surface area contributed by atoms with Crippen molar-refractivity contribution in [1.82, 2.24) is 4.72 Å². The van der Waals surface area contributed by atoms with E-state index in [1.165, 1.54) is 6.07 Å². The van der Waals surface area contributed by atoms with Crippen molar-refractivity contribution in [3.05, 3.63) is 27.7 Å². The minimum Gasteiger partial charge on any atom is -0.208 e. The average molecular weight is 327 g/mol. The molecule has 3 nitrogen and oxygen atoms in total. The van der Waals surface area contributed by atoms with E-state index >= 15 is 0 Å². The molecule has 1 aromatic rings. The number of halogens is 2. The standard InChI is InChI=1S/C10H13BrClNO2S/c1-3-7(2)13-16(14,15)10-5-4-8(11)6-9(10)12/h4-7,13H,3H2,1-2H3. The maximum Gasteiger partial charge on any atom is 0.242 e. The molecule has 0 aliphatic rings. The van der Waals surface area contributed by atoms with Crippen LogP contribution in [0.3, 0.4) is 0 Å². The lowest BCUT2D eigenvalue weighted by Crippen LogP contribution is -2.32. The first-order chi connectivity index (χ1) is 7.36. The fourth-order valence-corrected chi connectivity index (χ4v) is 3.47. The second-order valence-electron chi connectivity index (χ2n) is 3.51.